The van der Waals surface area contributed by atoms with Gasteiger partial charge in [-0.1, -0.05) is 23.2 Å². The Kier molecular flexibility index (Phi) is 4.34. The number of aromatic carboxylic acids is 1. The molecule has 0 bridgehead atoms. The van der Waals surface area contributed by atoms with Crippen LogP contribution in [0.1, 0.15) is 20.8 Å². The zero-order valence-corrected chi connectivity index (χ0v) is 12.4. The minimum Gasteiger partial charge on any atom is -0.477 e. The lowest BCUT2D eigenvalue weighted by atomic mass is 10.2. The SMILES string of the molecule is Cc1cc(Cl)c(NCc2ccsc2C(=O)O)cc1Cl. The summed E-state index contributed by atoms with van der Waals surface area (Å²) in [7, 11) is 0. The van der Waals surface area contributed by atoms with E-state index in [1.165, 1.54) is 11.3 Å². The zero-order valence-electron chi connectivity index (χ0n) is 10.0. The zero-order chi connectivity index (χ0) is 14.0. The number of hydrogen-bond acceptors (Lipinski definition) is 3. The number of thiophene rings is 1. The van der Waals surface area contributed by atoms with Crippen molar-refractivity contribution in [2.24, 2.45) is 0 Å². The lowest BCUT2D eigenvalue weighted by Crippen LogP contribution is -2.04. The van der Waals surface area contributed by atoms with Crippen molar-refractivity contribution < 1.29 is 9.90 Å². The fourth-order valence-corrected chi connectivity index (χ4v) is 2.84. The molecule has 0 spiro atoms. The van der Waals surface area contributed by atoms with Gasteiger partial charge in [-0.3, -0.25) is 0 Å². The predicted molar refractivity (Wildman–Crippen MR) is 79.8 cm³/mol. The van der Waals surface area contributed by atoms with Gasteiger partial charge < -0.3 is 10.4 Å². The third-order valence-electron chi connectivity index (χ3n) is 2.66. The van der Waals surface area contributed by atoms with Crippen LogP contribution in [0, 0.1) is 6.92 Å². The Morgan fingerprint density at radius 1 is 1.37 bits per heavy atom. The molecule has 0 saturated carbocycles. The molecule has 6 heteroatoms. The van der Waals surface area contributed by atoms with Crippen LogP contribution >= 0.6 is 34.5 Å². The summed E-state index contributed by atoms with van der Waals surface area (Å²) >= 11 is 13.4. The molecule has 2 aromatic rings. The molecule has 0 fully saturated rings. The van der Waals surface area contributed by atoms with Crippen LogP contribution in [-0.2, 0) is 6.54 Å². The second-order valence-electron chi connectivity index (χ2n) is 4.01. The predicted octanol–water partition coefficient (Wildman–Crippen LogP) is 4.67. The van der Waals surface area contributed by atoms with Gasteiger partial charge in [0.2, 0.25) is 0 Å². The summed E-state index contributed by atoms with van der Waals surface area (Å²) in [6, 6.07) is 5.30. The fraction of sp³-hybridized carbons (Fsp3) is 0.154. The highest BCUT2D eigenvalue weighted by atomic mass is 35.5. The van der Waals surface area contributed by atoms with Crippen molar-refractivity contribution in [3.63, 3.8) is 0 Å². The lowest BCUT2D eigenvalue weighted by Gasteiger charge is -2.10. The maximum atomic E-state index is 11.0. The quantitative estimate of drug-likeness (QED) is 0.861. The van der Waals surface area contributed by atoms with Gasteiger partial charge in [0.25, 0.3) is 0 Å². The van der Waals surface area contributed by atoms with E-state index in [9.17, 15) is 4.79 Å². The number of carboxylic acids is 1. The first kappa shape index (κ1) is 14.2. The normalized spacial score (nSPS) is 10.5. The number of anilines is 1. The Labute approximate surface area is 124 Å². The van der Waals surface area contributed by atoms with Gasteiger partial charge in [-0.05, 0) is 41.6 Å². The van der Waals surface area contributed by atoms with E-state index in [1.54, 1.807) is 23.6 Å². The van der Waals surface area contributed by atoms with Crippen molar-refractivity contribution in [3.8, 4) is 0 Å². The molecule has 1 heterocycles. The third kappa shape index (κ3) is 3.21. The third-order valence-corrected chi connectivity index (χ3v) is 4.32. The van der Waals surface area contributed by atoms with E-state index < -0.39 is 5.97 Å². The molecule has 0 aliphatic rings. The van der Waals surface area contributed by atoms with Gasteiger partial charge >= 0.3 is 5.97 Å². The van der Waals surface area contributed by atoms with E-state index in [2.05, 4.69) is 5.32 Å². The Hall–Kier alpha value is -1.23. The molecule has 0 atom stereocenters. The minimum atomic E-state index is -0.917. The fourth-order valence-electron chi connectivity index (χ4n) is 1.63. The van der Waals surface area contributed by atoms with E-state index in [0.717, 1.165) is 11.1 Å². The Balaban J connectivity index is 2.17. The molecule has 0 amide bonds. The summed E-state index contributed by atoms with van der Waals surface area (Å²) < 4.78 is 0. The van der Waals surface area contributed by atoms with Crippen LogP contribution in [0.5, 0.6) is 0 Å². The Morgan fingerprint density at radius 3 is 2.79 bits per heavy atom. The number of carbonyl (C=O) groups is 1. The summed E-state index contributed by atoms with van der Waals surface area (Å²) in [6.45, 7) is 2.27. The van der Waals surface area contributed by atoms with E-state index in [4.69, 9.17) is 28.3 Å². The standard InChI is InChI=1S/C13H11Cl2NO2S/c1-7-4-10(15)11(5-9(7)14)16-6-8-2-3-19-12(8)13(17)18/h2-5,16H,6H2,1H3,(H,17,18). The molecule has 19 heavy (non-hydrogen) atoms. The average molecular weight is 316 g/mol. The van der Waals surface area contributed by atoms with Crippen LogP contribution in [0.25, 0.3) is 0 Å². The second-order valence-corrected chi connectivity index (χ2v) is 5.75. The van der Waals surface area contributed by atoms with Crippen molar-refractivity contribution in [1.82, 2.24) is 0 Å². The van der Waals surface area contributed by atoms with Gasteiger partial charge in [0.1, 0.15) is 4.88 Å². The summed E-state index contributed by atoms with van der Waals surface area (Å²) in [6.07, 6.45) is 0. The van der Waals surface area contributed by atoms with Gasteiger partial charge in [-0.25, -0.2) is 4.79 Å². The van der Waals surface area contributed by atoms with E-state index in [1.807, 2.05) is 6.92 Å². The molecular weight excluding hydrogens is 305 g/mol. The molecule has 1 aromatic carbocycles. The Morgan fingerprint density at radius 2 is 2.11 bits per heavy atom. The minimum absolute atomic E-state index is 0.335. The number of benzene rings is 1. The van der Waals surface area contributed by atoms with Crippen molar-refractivity contribution in [1.29, 1.82) is 0 Å². The molecule has 0 unspecified atom stereocenters. The average Bonchev–Trinajstić information content (AvgIpc) is 2.80. The topological polar surface area (TPSA) is 49.3 Å². The summed E-state index contributed by atoms with van der Waals surface area (Å²) in [5.41, 5.74) is 2.32. The van der Waals surface area contributed by atoms with Gasteiger partial charge in [0.15, 0.2) is 0 Å². The molecule has 0 saturated heterocycles. The number of hydrogen-bond donors (Lipinski definition) is 2. The molecule has 0 aliphatic carbocycles. The van der Waals surface area contributed by atoms with E-state index in [0.29, 0.717) is 27.2 Å². The van der Waals surface area contributed by atoms with E-state index >= 15 is 0 Å². The summed E-state index contributed by atoms with van der Waals surface area (Å²) in [4.78, 5) is 11.3. The first-order valence-corrected chi connectivity index (χ1v) is 7.11. The van der Waals surface area contributed by atoms with Crippen LogP contribution in [0.2, 0.25) is 10.0 Å². The monoisotopic (exact) mass is 315 g/mol. The number of aryl methyl sites for hydroxylation is 1. The van der Waals surface area contributed by atoms with Crippen LogP contribution in [-0.4, -0.2) is 11.1 Å². The number of rotatable bonds is 4. The molecule has 3 nitrogen and oxygen atoms in total. The van der Waals surface area contributed by atoms with Crippen LogP contribution in [0.3, 0.4) is 0 Å². The van der Waals surface area contributed by atoms with Crippen molar-refractivity contribution in [2.45, 2.75) is 13.5 Å². The van der Waals surface area contributed by atoms with Crippen LogP contribution < -0.4 is 5.32 Å². The molecule has 2 N–H and O–H groups in total. The lowest BCUT2D eigenvalue weighted by molar-refractivity contribution is 0.0701. The van der Waals surface area contributed by atoms with Crippen molar-refractivity contribution >= 4 is 46.2 Å². The van der Waals surface area contributed by atoms with Crippen LogP contribution in [0.4, 0.5) is 5.69 Å². The highest BCUT2D eigenvalue weighted by Crippen LogP contribution is 2.29. The van der Waals surface area contributed by atoms with Gasteiger partial charge in [0, 0.05) is 11.6 Å². The molecule has 2 rings (SSSR count). The highest BCUT2D eigenvalue weighted by molar-refractivity contribution is 7.12. The smallest absolute Gasteiger partial charge is 0.346 e. The molecule has 0 aliphatic heterocycles. The molecule has 0 radical (unpaired) electrons. The number of nitrogens with one attached hydrogen (secondary N) is 1. The van der Waals surface area contributed by atoms with Crippen LogP contribution in [0.15, 0.2) is 23.6 Å². The van der Waals surface area contributed by atoms with E-state index in [-0.39, 0.29) is 0 Å². The Bertz CT molecular complexity index is 625. The maximum Gasteiger partial charge on any atom is 0.346 e. The summed E-state index contributed by atoms with van der Waals surface area (Å²) in [5, 5.41) is 15.1. The molecule has 100 valence electrons. The van der Waals surface area contributed by atoms with Gasteiger partial charge in [-0.2, -0.15) is 0 Å². The van der Waals surface area contributed by atoms with Gasteiger partial charge in [-0.15, -0.1) is 11.3 Å². The number of halogens is 2. The summed E-state index contributed by atoms with van der Waals surface area (Å²) in [5.74, 6) is -0.917. The number of carboxylic acid groups (broad SMARTS) is 1. The molecular formula is C13H11Cl2NO2S. The maximum absolute atomic E-state index is 11.0. The van der Waals surface area contributed by atoms with Crippen molar-refractivity contribution in [3.05, 3.63) is 49.6 Å². The first-order valence-electron chi connectivity index (χ1n) is 5.48. The first-order chi connectivity index (χ1) is 8.99. The second kappa shape index (κ2) is 5.82. The molecule has 1 aromatic heterocycles. The van der Waals surface area contributed by atoms with Gasteiger partial charge in [0.05, 0.1) is 10.7 Å². The highest BCUT2D eigenvalue weighted by Gasteiger charge is 2.12. The van der Waals surface area contributed by atoms with Crippen molar-refractivity contribution in [2.75, 3.05) is 5.32 Å². The largest absolute Gasteiger partial charge is 0.477 e.